The third kappa shape index (κ3) is 3.44. The Kier molecular flexibility index (Phi) is 4.65. The largest absolute Gasteiger partial charge is 0.481 e. The summed E-state index contributed by atoms with van der Waals surface area (Å²) in [6.07, 6.45) is 1.47. The van der Waals surface area contributed by atoms with Crippen LogP contribution in [0.5, 0.6) is 0 Å². The molecule has 6 nitrogen and oxygen atoms in total. The number of aliphatic carboxylic acids is 1. The van der Waals surface area contributed by atoms with E-state index in [2.05, 4.69) is 15.0 Å². The number of aromatic nitrogens is 1. The van der Waals surface area contributed by atoms with Crippen molar-refractivity contribution >= 4 is 17.6 Å². The third-order valence-corrected chi connectivity index (χ3v) is 2.69. The van der Waals surface area contributed by atoms with Crippen LogP contribution in [0.15, 0.2) is 18.3 Å². The topological polar surface area (TPSA) is 88.5 Å². The molecule has 1 aromatic heterocycles. The maximum absolute atomic E-state index is 11.3. The van der Waals surface area contributed by atoms with E-state index >= 15 is 0 Å². The maximum atomic E-state index is 11.3. The van der Waals surface area contributed by atoms with Gasteiger partial charge in [0.15, 0.2) is 0 Å². The first-order chi connectivity index (χ1) is 8.45. The number of carbonyl (C=O) groups excluding carboxylic acids is 1. The summed E-state index contributed by atoms with van der Waals surface area (Å²) in [6.45, 7) is 3.37. The molecule has 2 atom stereocenters. The molecule has 2 N–H and O–H groups in total. The molecule has 1 rings (SSSR count). The molecule has 98 valence electrons. The van der Waals surface area contributed by atoms with Crippen LogP contribution < -0.4 is 5.32 Å². The maximum Gasteiger partial charge on any atom is 0.356 e. The smallest absolute Gasteiger partial charge is 0.356 e. The van der Waals surface area contributed by atoms with Gasteiger partial charge in [-0.15, -0.1) is 0 Å². The van der Waals surface area contributed by atoms with Crippen LogP contribution in [0, 0.1) is 5.92 Å². The lowest BCUT2D eigenvalue weighted by molar-refractivity contribution is -0.141. The molecule has 1 heterocycles. The van der Waals surface area contributed by atoms with Crippen molar-refractivity contribution in [2.24, 2.45) is 5.92 Å². The zero-order valence-corrected chi connectivity index (χ0v) is 10.5. The van der Waals surface area contributed by atoms with Crippen LogP contribution in [0.4, 0.5) is 5.69 Å². The molecular formula is C12H16N2O4. The van der Waals surface area contributed by atoms with Crippen molar-refractivity contribution in [3.05, 3.63) is 24.0 Å². The Balaban J connectivity index is 2.79. The minimum atomic E-state index is -0.878. The fourth-order valence-electron chi connectivity index (χ4n) is 1.34. The van der Waals surface area contributed by atoms with Gasteiger partial charge in [0.05, 0.1) is 13.0 Å². The number of rotatable bonds is 5. The number of hydrogen-bond donors (Lipinski definition) is 2. The van der Waals surface area contributed by atoms with Gasteiger partial charge in [-0.2, -0.15) is 0 Å². The third-order valence-electron chi connectivity index (χ3n) is 2.69. The number of carbonyl (C=O) groups is 2. The predicted octanol–water partition coefficient (Wildman–Crippen LogP) is 1.39. The second-order valence-corrected chi connectivity index (χ2v) is 3.98. The zero-order valence-electron chi connectivity index (χ0n) is 10.5. The van der Waals surface area contributed by atoms with Gasteiger partial charge in [-0.3, -0.25) is 4.79 Å². The number of nitrogens with zero attached hydrogens (tertiary/aromatic N) is 1. The van der Waals surface area contributed by atoms with E-state index in [1.807, 2.05) is 0 Å². The SMILES string of the molecule is COC(=O)c1cc(NC(C)C(C)C(=O)O)ccn1. The predicted molar refractivity (Wildman–Crippen MR) is 65.5 cm³/mol. The molecule has 0 saturated heterocycles. The van der Waals surface area contributed by atoms with Crippen LogP contribution >= 0.6 is 0 Å². The molecule has 6 heteroatoms. The monoisotopic (exact) mass is 252 g/mol. The fraction of sp³-hybridized carbons (Fsp3) is 0.417. The molecule has 0 aliphatic heterocycles. The molecule has 0 radical (unpaired) electrons. The summed E-state index contributed by atoms with van der Waals surface area (Å²) in [5.74, 6) is -1.95. The second kappa shape index (κ2) is 6.00. The van der Waals surface area contributed by atoms with Gasteiger partial charge in [0.2, 0.25) is 0 Å². The van der Waals surface area contributed by atoms with Crippen molar-refractivity contribution in [2.75, 3.05) is 12.4 Å². The molecule has 0 saturated carbocycles. The van der Waals surface area contributed by atoms with Crippen LogP contribution in [0.2, 0.25) is 0 Å². The molecule has 1 aromatic rings. The second-order valence-electron chi connectivity index (χ2n) is 3.98. The van der Waals surface area contributed by atoms with Crippen molar-refractivity contribution in [2.45, 2.75) is 19.9 Å². The first-order valence-corrected chi connectivity index (χ1v) is 5.49. The molecule has 0 spiro atoms. The van der Waals surface area contributed by atoms with Gasteiger partial charge in [-0.05, 0) is 26.0 Å². The van der Waals surface area contributed by atoms with E-state index in [1.165, 1.54) is 19.4 Å². The van der Waals surface area contributed by atoms with E-state index < -0.39 is 17.9 Å². The Labute approximate surface area is 105 Å². The van der Waals surface area contributed by atoms with E-state index in [0.29, 0.717) is 5.69 Å². The van der Waals surface area contributed by atoms with Crippen LogP contribution in [-0.4, -0.2) is 35.2 Å². The first-order valence-electron chi connectivity index (χ1n) is 5.49. The van der Waals surface area contributed by atoms with Gasteiger partial charge in [0.25, 0.3) is 0 Å². The van der Waals surface area contributed by atoms with Crippen molar-refractivity contribution in [3.8, 4) is 0 Å². The van der Waals surface area contributed by atoms with E-state index in [1.54, 1.807) is 19.9 Å². The number of ether oxygens (including phenoxy) is 1. The van der Waals surface area contributed by atoms with Gasteiger partial charge in [-0.25, -0.2) is 9.78 Å². The number of anilines is 1. The normalized spacial score (nSPS) is 13.5. The summed E-state index contributed by atoms with van der Waals surface area (Å²) < 4.78 is 4.56. The Morgan fingerprint density at radius 1 is 1.44 bits per heavy atom. The molecule has 0 aromatic carbocycles. The molecule has 2 unspecified atom stereocenters. The van der Waals surface area contributed by atoms with Gasteiger partial charge in [0.1, 0.15) is 5.69 Å². The van der Waals surface area contributed by atoms with Crippen LogP contribution in [0.3, 0.4) is 0 Å². The van der Waals surface area contributed by atoms with Gasteiger partial charge in [-0.1, -0.05) is 0 Å². The standard InChI is InChI=1S/C12H16N2O4/c1-7(11(15)16)8(2)14-9-4-5-13-10(6-9)12(17)18-3/h4-8H,1-3H3,(H,13,14)(H,15,16). The van der Waals surface area contributed by atoms with E-state index in [0.717, 1.165) is 0 Å². The minimum absolute atomic E-state index is 0.178. The summed E-state index contributed by atoms with van der Waals surface area (Å²) >= 11 is 0. The molecular weight excluding hydrogens is 236 g/mol. The number of hydrogen-bond acceptors (Lipinski definition) is 5. The Morgan fingerprint density at radius 2 is 2.11 bits per heavy atom. The Hall–Kier alpha value is -2.11. The number of nitrogens with one attached hydrogen (secondary N) is 1. The van der Waals surface area contributed by atoms with E-state index in [-0.39, 0.29) is 11.7 Å². The van der Waals surface area contributed by atoms with Crippen molar-refractivity contribution in [3.63, 3.8) is 0 Å². The van der Waals surface area contributed by atoms with E-state index in [4.69, 9.17) is 5.11 Å². The quantitative estimate of drug-likeness (QED) is 0.770. The van der Waals surface area contributed by atoms with Crippen LogP contribution in [0.1, 0.15) is 24.3 Å². The number of methoxy groups -OCH3 is 1. The first kappa shape index (κ1) is 14.0. The highest BCUT2D eigenvalue weighted by molar-refractivity contribution is 5.88. The summed E-state index contributed by atoms with van der Waals surface area (Å²) in [6, 6.07) is 2.92. The molecule has 0 aliphatic carbocycles. The summed E-state index contributed by atoms with van der Waals surface area (Å²) in [5.41, 5.74) is 0.809. The molecule has 0 amide bonds. The highest BCUT2D eigenvalue weighted by Gasteiger charge is 2.19. The van der Waals surface area contributed by atoms with Crippen molar-refractivity contribution < 1.29 is 19.4 Å². The van der Waals surface area contributed by atoms with Crippen molar-refractivity contribution in [1.82, 2.24) is 4.98 Å². The van der Waals surface area contributed by atoms with Gasteiger partial charge >= 0.3 is 11.9 Å². The fourth-order valence-corrected chi connectivity index (χ4v) is 1.34. The molecule has 18 heavy (non-hydrogen) atoms. The number of pyridine rings is 1. The lowest BCUT2D eigenvalue weighted by Crippen LogP contribution is -2.29. The van der Waals surface area contributed by atoms with Gasteiger partial charge in [0, 0.05) is 17.9 Å². The van der Waals surface area contributed by atoms with Gasteiger partial charge < -0.3 is 15.2 Å². The average molecular weight is 252 g/mol. The van der Waals surface area contributed by atoms with Crippen LogP contribution in [0.25, 0.3) is 0 Å². The number of carboxylic acids is 1. The van der Waals surface area contributed by atoms with Crippen molar-refractivity contribution in [1.29, 1.82) is 0 Å². The van der Waals surface area contributed by atoms with Crippen LogP contribution in [-0.2, 0) is 9.53 Å². The average Bonchev–Trinajstić information content (AvgIpc) is 2.36. The number of carboxylic acid groups (broad SMARTS) is 1. The molecule has 0 bridgehead atoms. The lowest BCUT2D eigenvalue weighted by atomic mass is 10.0. The summed E-state index contributed by atoms with van der Waals surface area (Å²) in [5, 5.41) is 11.9. The highest BCUT2D eigenvalue weighted by atomic mass is 16.5. The summed E-state index contributed by atoms with van der Waals surface area (Å²) in [7, 11) is 1.28. The minimum Gasteiger partial charge on any atom is -0.481 e. The zero-order chi connectivity index (χ0) is 13.7. The lowest BCUT2D eigenvalue weighted by Gasteiger charge is -2.19. The van der Waals surface area contributed by atoms with E-state index in [9.17, 15) is 9.59 Å². The number of esters is 1. The molecule has 0 aliphatic rings. The molecule has 0 fully saturated rings. The summed E-state index contributed by atoms with van der Waals surface area (Å²) in [4.78, 5) is 26.0. The Bertz CT molecular complexity index is 447. The Morgan fingerprint density at radius 3 is 2.67 bits per heavy atom. The highest BCUT2D eigenvalue weighted by Crippen LogP contribution is 2.14.